The van der Waals surface area contributed by atoms with Gasteiger partial charge in [-0.2, -0.15) is 0 Å². The van der Waals surface area contributed by atoms with Gasteiger partial charge < -0.3 is 5.73 Å². The fourth-order valence-corrected chi connectivity index (χ4v) is 2.96. The molecule has 3 nitrogen and oxygen atoms in total. The molecular formula is C18H22N2O. The van der Waals surface area contributed by atoms with Crippen molar-refractivity contribution in [3.05, 3.63) is 60.3 Å². The zero-order valence-electron chi connectivity index (χ0n) is 12.3. The van der Waals surface area contributed by atoms with E-state index in [0.29, 0.717) is 5.70 Å². The van der Waals surface area contributed by atoms with Crippen molar-refractivity contribution < 1.29 is 4.79 Å². The summed E-state index contributed by atoms with van der Waals surface area (Å²) in [6.07, 6.45) is 8.86. The Morgan fingerprint density at radius 1 is 1.29 bits per heavy atom. The minimum Gasteiger partial charge on any atom is -0.399 e. The zero-order chi connectivity index (χ0) is 15.1. The molecule has 1 fully saturated rings. The maximum Gasteiger partial charge on any atom is 0.164 e. The molecule has 1 aliphatic rings. The molecule has 1 aromatic rings. The molecule has 0 radical (unpaired) electrons. The van der Waals surface area contributed by atoms with Crippen molar-refractivity contribution in [2.45, 2.75) is 31.1 Å². The normalized spacial score (nSPS) is 18.0. The first-order valence-electron chi connectivity index (χ1n) is 7.36. The predicted molar refractivity (Wildman–Crippen MR) is 87.4 cm³/mol. The lowest BCUT2D eigenvalue weighted by Crippen LogP contribution is -2.34. The number of allylic oxidation sites excluding steroid dienone is 2. The summed E-state index contributed by atoms with van der Waals surface area (Å²) in [6, 6.07) is 10.1. The largest absolute Gasteiger partial charge is 0.399 e. The number of carbonyl (C=O) groups excluding carboxylic acids is 1. The van der Waals surface area contributed by atoms with E-state index >= 15 is 0 Å². The molecular weight excluding hydrogens is 260 g/mol. The second kappa shape index (κ2) is 7.02. The molecule has 1 saturated carbocycles. The Labute approximate surface area is 126 Å². The average Bonchev–Trinajstić information content (AvgIpc) is 3.03. The summed E-state index contributed by atoms with van der Waals surface area (Å²) in [4.78, 5) is 16.9. The van der Waals surface area contributed by atoms with Crippen molar-refractivity contribution in [3.63, 3.8) is 0 Å². The number of rotatable bonds is 6. The second-order valence-corrected chi connectivity index (χ2v) is 5.44. The van der Waals surface area contributed by atoms with Gasteiger partial charge in [0.1, 0.15) is 0 Å². The molecule has 2 rings (SSSR count). The van der Waals surface area contributed by atoms with Gasteiger partial charge in [-0.15, -0.1) is 0 Å². The van der Waals surface area contributed by atoms with E-state index in [2.05, 4.69) is 23.7 Å². The fraction of sp³-hybridized carbons (Fsp3) is 0.333. The maximum absolute atomic E-state index is 12.7. The molecule has 3 heteroatoms. The van der Waals surface area contributed by atoms with Crippen LogP contribution < -0.4 is 5.73 Å². The van der Waals surface area contributed by atoms with E-state index in [9.17, 15) is 4.79 Å². The van der Waals surface area contributed by atoms with Crippen molar-refractivity contribution in [1.29, 1.82) is 0 Å². The Hall–Kier alpha value is -2.16. The quantitative estimate of drug-likeness (QED) is 0.643. The molecule has 0 unspecified atom stereocenters. The smallest absolute Gasteiger partial charge is 0.164 e. The molecule has 0 bridgehead atoms. The molecule has 0 spiro atoms. The minimum absolute atomic E-state index is 0.202. The highest BCUT2D eigenvalue weighted by Gasteiger charge is 2.41. The standard InChI is InChI=1S/C18H22N2O/c1-2-16(19)10-13-20-14-17(21)18(11-6-7-12-18)15-8-4-3-5-9-15/h2-5,8-10,13H,1,6-7,11-12,14,19H2/b16-10+,20-13+. The lowest BCUT2D eigenvalue weighted by Gasteiger charge is -2.27. The van der Waals surface area contributed by atoms with Crippen LogP contribution >= 0.6 is 0 Å². The van der Waals surface area contributed by atoms with E-state index in [0.717, 1.165) is 31.2 Å². The van der Waals surface area contributed by atoms with Crippen LogP contribution in [0.25, 0.3) is 0 Å². The SMILES string of the molecule is C=C/C(N)=C\C=N\CC(=O)C1(c2ccccc2)CCCC1. The Bertz CT molecular complexity index is 552. The van der Waals surface area contributed by atoms with Crippen LogP contribution in [0.5, 0.6) is 0 Å². The Balaban J connectivity index is 2.12. The van der Waals surface area contributed by atoms with Crippen LogP contribution in [0.3, 0.4) is 0 Å². The molecule has 1 aromatic carbocycles. The number of carbonyl (C=O) groups is 1. The van der Waals surface area contributed by atoms with Gasteiger partial charge in [0.15, 0.2) is 5.78 Å². The van der Waals surface area contributed by atoms with Crippen LogP contribution in [0.4, 0.5) is 0 Å². The van der Waals surface area contributed by atoms with Gasteiger partial charge in [-0.25, -0.2) is 0 Å². The number of nitrogens with two attached hydrogens (primary N) is 1. The molecule has 0 heterocycles. The van der Waals surface area contributed by atoms with Gasteiger partial charge in [0.2, 0.25) is 0 Å². The summed E-state index contributed by atoms with van der Waals surface area (Å²) >= 11 is 0. The number of hydrogen-bond acceptors (Lipinski definition) is 3. The third kappa shape index (κ3) is 3.48. The first-order valence-corrected chi connectivity index (χ1v) is 7.36. The third-order valence-electron chi connectivity index (χ3n) is 4.16. The van der Waals surface area contributed by atoms with Gasteiger partial charge >= 0.3 is 0 Å². The molecule has 1 aliphatic carbocycles. The Morgan fingerprint density at radius 2 is 1.95 bits per heavy atom. The van der Waals surface area contributed by atoms with Crippen molar-refractivity contribution in [3.8, 4) is 0 Å². The minimum atomic E-state index is -0.341. The summed E-state index contributed by atoms with van der Waals surface area (Å²) in [7, 11) is 0. The van der Waals surface area contributed by atoms with Crippen LogP contribution in [-0.2, 0) is 10.2 Å². The van der Waals surface area contributed by atoms with Gasteiger partial charge in [0.25, 0.3) is 0 Å². The van der Waals surface area contributed by atoms with E-state index in [4.69, 9.17) is 5.73 Å². The second-order valence-electron chi connectivity index (χ2n) is 5.44. The number of hydrogen-bond donors (Lipinski definition) is 1. The lowest BCUT2D eigenvalue weighted by atomic mass is 9.75. The summed E-state index contributed by atoms with van der Waals surface area (Å²) < 4.78 is 0. The molecule has 21 heavy (non-hydrogen) atoms. The first kappa shape index (κ1) is 15.2. The van der Waals surface area contributed by atoms with Crippen molar-refractivity contribution >= 4 is 12.0 Å². The summed E-state index contributed by atoms with van der Waals surface area (Å²) in [5.41, 5.74) is 6.93. The van der Waals surface area contributed by atoms with Crippen LogP contribution in [0.2, 0.25) is 0 Å². The zero-order valence-corrected chi connectivity index (χ0v) is 12.3. The summed E-state index contributed by atoms with van der Waals surface area (Å²) in [5, 5.41) is 0. The number of benzene rings is 1. The fourth-order valence-electron chi connectivity index (χ4n) is 2.96. The predicted octanol–water partition coefficient (Wildman–Crippen LogP) is 3.17. The van der Waals surface area contributed by atoms with Gasteiger partial charge in [0, 0.05) is 11.9 Å². The van der Waals surface area contributed by atoms with Gasteiger partial charge in [0.05, 0.1) is 12.0 Å². The monoisotopic (exact) mass is 282 g/mol. The number of nitrogens with zero attached hydrogens (tertiary/aromatic N) is 1. The lowest BCUT2D eigenvalue weighted by molar-refractivity contribution is -0.123. The van der Waals surface area contributed by atoms with E-state index in [1.165, 1.54) is 0 Å². The van der Waals surface area contributed by atoms with Crippen molar-refractivity contribution in [2.75, 3.05) is 6.54 Å². The number of ketones is 1. The van der Waals surface area contributed by atoms with Crippen LogP contribution in [-0.4, -0.2) is 18.5 Å². The Kier molecular flexibility index (Phi) is 5.09. The van der Waals surface area contributed by atoms with Crippen molar-refractivity contribution in [1.82, 2.24) is 0 Å². The first-order chi connectivity index (χ1) is 10.2. The van der Waals surface area contributed by atoms with Gasteiger partial charge in [-0.05, 0) is 30.6 Å². The van der Waals surface area contributed by atoms with Crippen LogP contribution in [0.15, 0.2) is 59.8 Å². The van der Waals surface area contributed by atoms with Gasteiger partial charge in [-0.3, -0.25) is 9.79 Å². The van der Waals surface area contributed by atoms with Gasteiger partial charge in [-0.1, -0.05) is 49.8 Å². The molecule has 2 N–H and O–H groups in total. The number of Topliss-reactive ketones (excluding diaryl/α,β-unsaturated/α-hetero) is 1. The Morgan fingerprint density at radius 3 is 2.57 bits per heavy atom. The molecule has 0 atom stereocenters. The van der Waals surface area contributed by atoms with Crippen LogP contribution in [0.1, 0.15) is 31.2 Å². The molecule has 0 amide bonds. The van der Waals surface area contributed by atoms with E-state index < -0.39 is 0 Å². The summed E-state index contributed by atoms with van der Waals surface area (Å²) in [6.45, 7) is 3.77. The topological polar surface area (TPSA) is 55.4 Å². The maximum atomic E-state index is 12.7. The average molecular weight is 282 g/mol. The summed E-state index contributed by atoms with van der Waals surface area (Å²) in [5.74, 6) is 0.202. The third-order valence-corrected chi connectivity index (χ3v) is 4.16. The molecule has 110 valence electrons. The molecule has 0 saturated heterocycles. The molecule has 0 aliphatic heterocycles. The van der Waals surface area contributed by atoms with E-state index in [-0.39, 0.29) is 17.7 Å². The highest BCUT2D eigenvalue weighted by molar-refractivity contribution is 5.93. The molecule has 0 aromatic heterocycles. The van der Waals surface area contributed by atoms with Crippen LogP contribution in [0, 0.1) is 0 Å². The van der Waals surface area contributed by atoms with E-state index in [1.54, 1.807) is 18.4 Å². The highest BCUT2D eigenvalue weighted by atomic mass is 16.1. The van der Waals surface area contributed by atoms with E-state index in [1.807, 2.05) is 18.2 Å². The highest BCUT2D eigenvalue weighted by Crippen LogP contribution is 2.41. The number of aliphatic imine (C=N–C) groups is 1. The van der Waals surface area contributed by atoms with Crippen molar-refractivity contribution in [2.24, 2.45) is 10.7 Å².